The van der Waals surface area contributed by atoms with Crippen LogP contribution in [0.4, 0.5) is 22.7 Å². The average Bonchev–Trinajstić information content (AvgIpc) is 2.92. The van der Waals surface area contributed by atoms with E-state index in [0.717, 1.165) is 17.1 Å². The lowest BCUT2D eigenvalue weighted by molar-refractivity contribution is 0.0697. The first-order valence-electron chi connectivity index (χ1n) is 11.0. The van der Waals surface area contributed by atoms with Crippen LogP contribution in [0.25, 0.3) is 0 Å². The second-order valence-corrected chi connectivity index (χ2v) is 8.53. The van der Waals surface area contributed by atoms with Gasteiger partial charge >= 0.3 is 5.97 Å². The van der Waals surface area contributed by atoms with Gasteiger partial charge in [0, 0.05) is 41.7 Å². The maximum atomic E-state index is 13.3. The third kappa shape index (κ3) is 5.31. The Bertz CT molecular complexity index is 1390. The number of pyridine rings is 1. The molecule has 0 bridgehead atoms. The van der Waals surface area contributed by atoms with Crippen LogP contribution in [0.2, 0.25) is 5.02 Å². The number of hydrogen-bond acceptors (Lipinski definition) is 6. The number of hydrogen-bond donors (Lipinski definition) is 1. The number of methoxy groups -OCH3 is 1. The van der Waals surface area contributed by atoms with Crippen LogP contribution in [-0.4, -0.2) is 43.0 Å². The molecule has 1 aromatic heterocycles. The molecule has 182 valence electrons. The number of carbonyl (C=O) groups excluding carboxylic acids is 1. The molecule has 0 amide bonds. The Morgan fingerprint density at radius 2 is 1.33 bits per heavy atom. The topological polar surface area (TPSA) is 83.0 Å². The van der Waals surface area contributed by atoms with E-state index in [1.807, 2.05) is 48.3 Å². The van der Waals surface area contributed by atoms with Crippen LogP contribution in [0.3, 0.4) is 0 Å². The molecule has 1 heterocycles. The number of carbonyl (C=O) groups is 2. The molecule has 0 unspecified atom stereocenters. The van der Waals surface area contributed by atoms with E-state index < -0.39 is 5.97 Å². The third-order valence-corrected chi connectivity index (χ3v) is 6.11. The molecule has 7 nitrogen and oxygen atoms in total. The molecule has 0 atom stereocenters. The maximum Gasteiger partial charge on any atom is 0.335 e. The molecule has 3 aromatic carbocycles. The number of anilines is 4. The average molecular weight is 502 g/mol. The van der Waals surface area contributed by atoms with Crippen LogP contribution < -0.4 is 14.5 Å². The molecule has 0 aliphatic rings. The van der Waals surface area contributed by atoms with Gasteiger partial charge in [-0.2, -0.15) is 0 Å². The molecular weight excluding hydrogens is 478 g/mol. The number of carboxylic acid groups (broad SMARTS) is 1. The van der Waals surface area contributed by atoms with Crippen molar-refractivity contribution in [3.63, 3.8) is 0 Å². The highest BCUT2D eigenvalue weighted by molar-refractivity contribution is 6.30. The Morgan fingerprint density at radius 1 is 0.778 bits per heavy atom. The lowest BCUT2D eigenvalue weighted by atomic mass is 10.0. The zero-order valence-electron chi connectivity index (χ0n) is 20.0. The summed E-state index contributed by atoms with van der Waals surface area (Å²) in [4.78, 5) is 33.2. The molecule has 0 radical (unpaired) electrons. The van der Waals surface area contributed by atoms with Gasteiger partial charge in [0.1, 0.15) is 11.4 Å². The van der Waals surface area contributed by atoms with Gasteiger partial charge in [0.2, 0.25) is 5.78 Å². The molecule has 0 aliphatic carbocycles. The Morgan fingerprint density at radius 3 is 1.89 bits per heavy atom. The molecular formula is C28H24ClN3O4. The van der Waals surface area contributed by atoms with E-state index in [0.29, 0.717) is 16.5 Å². The summed E-state index contributed by atoms with van der Waals surface area (Å²) in [5.74, 6) is -0.788. The first kappa shape index (κ1) is 24.8. The van der Waals surface area contributed by atoms with Gasteiger partial charge in [0.25, 0.3) is 0 Å². The van der Waals surface area contributed by atoms with Gasteiger partial charge in [-0.1, -0.05) is 11.6 Å². The van der Waals surface area contributed by atoms with E-state index >= 15 is 0 Å². The minimum absolute atomic E-state index is 0.00954. The van der Waals surface area contributed by atoms with Crippen LogP contribution in [-0.2, 0) is 0 Å². The zero-order valence-corrected chi connectivity index (χ0v) is 20.7. The molecule has 0 saturated heterocycles. The molecule has 8 heteroatoms. The van der Waals surface area contributed by atoms with E-state index in [9.17, 15) is 14.7 Å². The molecule has 36 heavy (non-hydrogen) atoms. The summed E-state index contributed by atoms with van der Waals surface area (Å²) >= 11 is 5.97. The van der Waals surface area contributed by atoms with Crippen molar-refractivity contribution < 1.29 is 19.4 Å². The number of aromatic nitrogens is 1. The largest absolute Gasteiger partial charge is 0.497 e. The summed E-state index contributed by atoms with van der Waals surface area (Å²) < 4.78 is 5.20. The minimum Gasteiger partial charge on any atom is -0.497 e. The van der Waals surface area contributed by atoms with Crippen molar-refractivity contribution in [3.8, 4) is 5.75 Å². The fourth-order valence-electron chi connectivity index (χ4n) is 3.69. The fraction of sp³-hybridized carbons (Fsp3) is 0.107. The second kappa shape index (κ2) is 10.5. The number of nitrogens with zero attached hydrogens (tertiary/aromatic N) is 3. The Labute approximate surface area is 214 Å². The van der Waals surface area contributed by atoms with Crippen LogP contribution >= 0.6 is 11.6 Å². The normalized spacial score (nSPS) is 10.6. The predicted octanol–water partition coefficient (Wildman–Crippen LogP) is 6.21. The summed E-state index contributed by atoms with van der Waals surface area (Å²) in [6, 6.07) is 22.7. The summed E-state index contributed by atoms with van der Waals surface area (Å²) in [6.45, 7) is 0. The van der Waals surface area contributed by atoms with E-state index in [2.05, 4.69) is 4.98 Å². The number of ketones is 1. The number of carboxylic acids is 1. The molecule has 0 saturated carbocycles. The van der Waals surface area contributed by atoms with Crippen LogP contribution in [0, 0.1) is 0 Å². The first-order chi connectivity index (χ1) is 17.3. The monoisotopic (exact) mass is 501 g/mol. The second-order valence-electron chi connectivity index (χ2n) is 8.10. The molecule has 4 rings (SSSR count). The van der Waals surface area contributed by atoms with Crippen molar-refractivity contribution in [2.24, 2.45) is 0 Å². The summed E-state index contributed by atoms with van der Waals surface area (Å²) in [7, 11) is 5.28. The SMILES string of the molecule is COc1ccc(N(C)c2cc(C(=O)O)cc(C(=O)c3ccc(N(C)c4ccc(Cl)cc4)cn3)c2)cc1. The van der Waals surface area contributed by atoms with Crippen molar-refractivity contribution in [2.45, 2.75) is 0 Å². The lowest BCUT2D eigenvalue weighted by Crippen LogP contribution is -2.14. The van der Waals surface area contributed by atoms with E-state index in [4.69, 9.17) is 16.3 Å². The Balaban J connectivity index is 1.62. The Hall–Kier alpha value is -4.36. The highest BCUT2D eigenvalue weighted by Gasteiger charge is 2.18. The predicted molar refractivity (Wildman–Crippen MR) is 142 cm³/mol. The minimum atomic E-state index is -1.12. The summed E-state index contributed by atoms with van der Waals surface area (Å²) in [6.07, 6.45) is 1.60. The van der Waals surface area contributed by atoms with Gasteiger partial charge in [-0.05, 0) is 78.9 Å². The van der Waals surface area contributed by atoms with Crippen molar-refractivity contribution in [2.75, 3.05) is 31.0 Å². The summed E-state index contributed by atoms with van der Waals surface area (Å²) in [5, 5.41) is 10.3. The first-order valence-corrected chi connectivity index (χ1v) is 11.4. The Kier molecular flexibility index (Phi) is 7.22. The van der Waals surface area contributed by atoms with Gasteiger partial charge in [-0.3, -0.25) is 9.78 Å². The van der Waals surface area contributed by atoms with Crippen molar-refractivity contribution in [1.82, 2.24) is 4.98 Å². The van der Waals surface area contributed by atoms with Gasteiger partial charge in [-0.25, -0.2) is 4.79 Å². The standard InChI is InChI=1S/C28H24ClN3O4/c1-31(21-6-4-20(29)5-7-21)23-10-13-26(30-17-23)27(33)18-14-19(28(34)35)16-24(15-18)32(2)22-8-11-25(36-3)12-9-22/h4-17H,1-3H3,(H,34,35). The zero-order chi connectivity index (χ0) is 25.8. The molecule has 0 aliphatic heterocycles. The maximum absolute atomic E-state index is 13.3. The number of halogens is 1. The molecule has 0 spiro atoms. The third-order valence-electron chi connectivity index (χ3n) is 5.86. The van der Waals surface area contributed by atoms with Gasteiger partial charge in [0.15, 0.2) is 0 Å². The van der Waals surface area contributed by atoms with Crippen LogP contribution in [0.5, 0.6) is 5.75 Å². The smallest absolute Gasteiger partial charge is 0.335 e. The quantitative estimate of drug-likeness (QED) is 0.287. The van der Waals surface area contributed by atoms with Crippen molar-refractivity contribution in [3.05, 3.63) is 107 Å². The fourth-order valence-corrected chi connectivity index (χ4v) is 3.82. The molecule has 4 aromatic rings. The lowest BCUT2D eigenvalue weighted by Gasteiger charge is -2.21. The van der Waals surface area contributed by atoms with E-state index in [1.165, 1.54) is 12.1 Å². The van der Waals surface area contributed by atoms with E-state index in [1.54, 1.807) is 55.6 Å². The van der Waals surface area contributed by atoms with Gasteiger partial charge in [0.05, 0.1) is 24.6 Å². The number of rotatable bonds is 8. The number of benzene rings is 3. The molecule has 0 fully saturated rings. The van der Waals surface area contributed by atoms with Crippen molar-refractivity contribution >= 4 is 46.1 Å². The number of ether oxygens (including phenoxy) is 1. The highest BCUT2D eigenvalue weighted by Crippen LogP contribution is 2.29. The molecule has 1 N–H and O–H groups in total. The van der Waals surface area contributed by atoms with Crippen molar-refractivity contribution in [1.29, 1.82) is 0 Å². The van der Waals surface area contributed by atoms with Crippen LogP contribution in [0.15, 0.2) is 85.1 Å². The number of aromatic carboxylic acids is 1. The highest BCUT2D eigenvalue weighted by atomic mass is 35.5. The van der Waals surface area contributed by atoms with E-state index in [-0.39, 0.29) is 22.6 Å². The van der Waals surface area contributed by atoms with Gasteiger partial charge < -0.3 is 19.6 Å². The summed E-state index contributed by atoms with van der Waals surface area (Å²) in [5.41, 5.74) is 3.52. The van der Waals surface area contributed by atoms with Gasteiger partial charge in [-0.15, -0.1) is 0 Å². The van der Waals surface area contributed by atoms with Crippen LogP contribution in [0.1, 0.15) is 26.4 Å².